The summed E-state index contributed by atoms with van der Waals surface area (Å²) in [5.41, 5.74) is 2.80. The third-order valence-corrected chi connectivity index (χ3v) is 3.65. The first-order valence-corrected chi connectivity index (χ1v) is 7.26. The van der Waals surface area contributed by atoms with Gasteiger partial charge < -0.3 is 20.3 Å². The summed E-state index contributed by atoms with van der Waals surface area (Å²) in [6.07, 6.45) is 0. The number of rotatable bonds is 4. The maximum Gasteiger partial charge on any atom is 0.339 e. The minimum absolute atomic E-state index is 0.160. The van der Waals surface area contributed by atoms with Crippen molar-refractivity contribution in [3.8, 4) is 11.5 Å². The molecule has 6 nitrogen and oxygen atoms in total. The number of carboxylic acids is 1. The molecule has 0 aliphatic rings. The van der Waals surface area contributed by atoms with E-state index in [1.807, 2.05) is 31.2 Å². The largest absolute Gasteiger partial charge is 0.507 e. The van der Waals surface area contributed by atoms with E-state index >= 15 is 0 Å². The van der Waals surface area contributed by atoms with Gasteiger partial charge in [-0.15, -0.1) is 0 Å². The van der Waals surface area contributed by atoms with Crippen LogP contribution in [0.1, 0.15) is 16.1 Å². The summed E-state index contributed by atoms with van der Waals surface area (Å²) < 4.78 is 5.26. The number of benzene rings is 2. The highest BCUT2D eigenvalue weighted by Crippen LogP contribution is 2.31. The van der Waals surface area contributed by atoms with E-state index in [0.717, 1.165) is 22.3 Å². The molecule has 0 atom stereocenters. The van der Waals surface area contributed by atoms with Crippen LogP contribution in [0.25, 0.3) is 10.9 Å². The highest BCUT2D eigenvalue weighted by molar-refractivity contribution is 5.96. The van der Waals surface area contributed by atoms with Crippen LogP contribution in [0.2, 0.25) is 0 Å². The number of phenols is 1. The number of methoxy groups -OCH3 is 1. The zero-order chi connectivity index (χ0) is 17.3. The minimum Gasteiger partial charge on any atom is -0.507 e. The van der Waals surface area contributed by atoms with Crippen molar-refractivity contribution in [1.82, 2.24) is 4.98 Å². The average Bonchev–Trinajstić information content (AvgIpc) is 2.56. The number of aryl methyl sites for hydroxylation is 1. The van der Waals surface area contributed by atoms with Crippen LogP contribution in [0.4, 0.5) is 11.4 Å². The van der Waals surface area contributed by atoms with Crippen molar-refractivity contribution in [3.05, 3.63) is 53.7 Å². The molecule has 3 rings (SSSR count). The smallest absolute Gasteiger partial charge is 0.339 e. The second-order valence-corrected chi connectivity index (χ2v) is 5.36. The van der Waals surface area contributed by atoms with Crippen molar-refractivity contribution in [3.63, 3.8) is 0 Å². The first-order valence-electron chi connectivity index (χ1n) is 7.26. The van der Waals surface area contributed by atoms with Crippen LogP contribution in [0, 0.1) is 6.92 Å². The van der Waals surface area contributed by atoms with Crippen LogP contribution >= 0.6 is 0 Å². The molecule has 0 aliphatic heterocycles. The van der Waals surface area contributed by atoms with E-state index in [9.17, 15) is 9.90 Å². The number of fused-ring (bicyclic) bond motifs is 1. The zero-order valence-electron chi connectivity index (χ0n) is 13.2. The highest BCUT2D eigenvalue weighted by atomic mass is 16.5. The van der Waals surface area contributed by atoms with Gasteiger partial charge in [0.1, 0.15) is 17.1 Å². The van der Waals surface area contributed by atoms with E-state index in [1.54, 1.807) is 13.2 Å². The number of nitrogens with one attached hydrogen (secondary N) is 1. The van der Waals surface area contributed by atoms with Gasteiger partial charge in [-0.3, -0.25) is 4.98 Å². The molecule has 0 saturated carbocycles. The van der Waals surface area contributed by atoms with Crippen molar-refractivity contribution < 1.29 is 19.7 Å². The Labute approximate surface area is 138 Å². The van der Waals surface area contributed by atoms with Gasteiger partial charge in [-0.05, 0) is 49.4 Å². The third-order valence-electron chi connectivity index (χ3n) is 3.65. The molecule has 0 saturated heterocycles. The number of carboxylic acid groups (broad SMARTS) is 1. The van der Waals surface area contributed by atoms with Crippen LogP contribution in [0.3, 0.4) is 0 Å². The lowest BCUT2D eigenvalue weighted by molar-refractivity contribution is 0.0694. The summed E-state index contributed by atoms with van der Waals surface area (Å²) in [6, 6.07) is 11.8. The topological polar surface area (TPSA) is 91.7 Å². The first-order chi connectivity index (χ1) is 11.5. The van der Waals surface area contributed by atoms with Gasteiger partial charge in [0.15, 0.2) is 0 Å². The molecule has 0 amide bonds. The lowest BCUT2D eigenvalue weighted by Gasteiger charge is -2.13. The molecule has 0 radical (unpaired) electrons. The van der Waals surface area contributed by atoms with E-state index in [-0.39, 0.29) is 11.3 Å². The second kappa shape index (κ2) is 6.08. The summed E-state index contributed by atoms with van der Waals surface area (Å²) in [6.45, 7) is 1.88. The third kappa shape index (κ3) is 2.94. The molecular weight excluding hydrogens is 308 g/mol. The molecule has 0 unspecified atom stereocenters. The first kappa shape index (κ1) is 15.6. The fourth-order valence-corrected chi connectivity index (χ4v) is 2.51. The molecule has 122 valence electrons. The number of pyridine rings is 1. The maximum absolute atomic E-state index is 11.2. The Bertz CT molecular complexity index is 938. The molecule has 0 bridgehead atoms. The summed E-state index contributed by atoms with van der Waals surface area (Å²) in [4.78, 5) is 15.6. The van der Waals surface area contributed by atoms with Gasteiger partial charge in [0.05, 0.1) is 12.6 Å². The Balaban J connectivity index is 2.09. The Morgan fingerprint density at radius 3 is 2.67 bits per heavy atom. The SMILES string of the molecule is COc1ccc2nc(C)cc(Nc3ccc(O)c(C(=O)O)c3)c2c1. The molecule has 0 spiro atoms. The number of aromatic hydroxyl groups is 1. The zero-order valence-corrected chi connectivity index (χ0v) is 13.2. The summed E-state index contributed by atoms with van der Waals surface area (Å²) in [7, 11) is 1.59. The van der Waals surface area contributed by atoms with Crippen LogP contribution in [0.5, 0.6) is 11.5 Å². The minimum atomic E-state index is -1.19. The van der Waals surface area contributed by atoms with Gasteiger partial charge in [0.2, 0.25) is 0 Å². The predicted molar refractivity (Wildman–Crippen MR) is 91.4 cm³/mol. The van der Waals surface area contributed by atoms with Gasteiger partial charge in [0, 0.05) is 22.5 Å². The molecule has 3 N–H and O–H groups in total. The Kier molecular flexibility index (Phi) is 3.95. The van der Waals surface area contributed by atoms with Crippen LogP contribution in [0.15, 0.2) is 42.5 Å². The van der Waals surface area contributed by atoms with E-state index < -0.39 is 5.97 Å². The molecule has 6 heteroatoms. The van der Waals surface area contributed by atoms with E-state index in [4.69, 9.17) is 9.84 Å². The molecule has 24 heavy (non-hydrogen) atoms. The number of nitrogens with zero attached hydrogens (tertiary/aromatic N) is 1. The summed E-state index contributed by atoms with van der Waals surface area (Å²) in [5, 5.41) is 22.8. The van der Waals surface area contributed by atoms with Crippen molar-refractivity contribution in [1.29, 1.82) is 0 Å². The molecule has 0 aliphatic carbocycles. The fourth-order valence-electron chi connectivity index (χ4n) is 2.51. The lowest BCUT2D eigenvalue weighted by atomic mass is 10.1. The molecule has 1 aromatic heterocycles. The van der Waals surface area contributed by atoms with Gasteiger partial charge in [0.25, 0.3) is 0 Å². The number of carbonyl (C=O) groups is 1. The van der Waals surface area contributed by atoms with E-state index in [2.05, 4.69) is 10.3 Å². The van der Waals surface area contributed by atoms with Crippen LogP contribution < -0.4 is 10.1 Å². The van der Waals surface area contributed by atoms with Crippen molar-refractivity contribution in [2.75, 3.05) is 12.4 Å². The molecular formula is C18H16N2O4. The number of anilines is 2. The van der Waals surface area contributed by atoms with Crippen molar-refractivity contribution in [2.24, 2.45) is 0 Å². The van der Waals surface area contributed by atoms with Crippen LogP contribution in [-0.2, 0) is 0 Å². The monoisotopic (exact) mass is 324 g/mol. The van der Waals surface area contributed by atoms with E-state index in [0.29, 0.717) is 11.4 Å². The number of hydrogen-bond acceptors (Lipinski definition) is 5. The molecule has 0 fully saturated rings. The molecule has 3 aromatic rings. The van der Waals surface area contributed by atoms with Gasteiger partial charge in [-0.25, -0.2) is 4.79 Å². The fraction of sp³-hybridized carbons (Fsp3) is 0.111. The Hall–Kier alpha value is -3.28. The normalized spacial score (nSPS) is 10.6. The predicted octanol–water partition coefficient (Wildman–Crippen LogP) is 3.70. The average molecular weight is 324 g/mol. The molecule has 2 aromatic carbocycles. The van der Waals surface area contributed by atoms with Crippen molar-refractivity contribution in [2.45, 2.75) is 6.92 Å². The van der Waals surface area contributed by atoms with E-state index in [1.165, 1.54) is 12.1 Å². The lowest BCUT2D eigenvalue weighted by Crippen LogP contribution is -2.00. The summed E-state index contributed by atoms with van der Waals surface area (Å²) in [5.74, 6) is -0.757. The van der Waals surface area contributed by atoms with Gasteiger partial charge in [-0.2, -0.15) is 0 Å². The summed E-state index contributed by atoms with van der Waals surface area (Å²) >= 11 is 0. The Morgan fingerprint density at radius 1 is 1.17 bits per heavy atom. The number of aromatic carboxylic acids is 1. The van der Waals surface area contributed by atoms with Crippen LogP contribution in [-0.4, -0.2) is 28.3 Å². The number of hydrogen-bond donors (Lipinski definition) is 3. The Morgan fingerprint density at radius 2 is 1.96 bits per heavy atom. The number of aromatic nitrogens is 1. The highest BCUT2D eigenvalue weighted by Gasteiger charge is 2.12. The quantitative estimate of drug-likeness (QED) is 0.634. The standard InChI is InChI=1S/C18H16N2O4/c1-10-7-16(13-9-12(24-2)4-5-15(13)19-10)20-11-3-6-17(21)14(8-11)18(22)23/h3-9,21H,1-2H3,(H,19,20)(H,22,23). The maximum atomic E-state index is 11.2. The van der Waals surface area contributed by atoms with Crippen molar-refractivity contribution >= 4 is 28.2 Å². The molecule has 1 heterocycles. The van der Waals surface area contributed by atoms with Gasteiger partial charge in [-0.1, -0.05) is 0 Å². The van der Waals surface area contributed by atoms with Gasteiger partial charge >= 0.3 is 5.97 Å². The second-order valence-electron chi connectivity index (χ2n) is 5.36. The number of ether oxygens (including phenoxy) is 1.